The second kappa shape index (κ2) is 8.50. The number of anilines is 1. The number of carbonyl (C=O) groups excluding carboxylic acids is 1. The molecule has 0 aliphatic heterocycles. The van der Waals surface area contributed by atoms with Crippen LogP contribution in [0.4, 0.5) is 5.69 Å². The Morgan fingerprint density at radius 3 is 2.73 bits per heavy atom. The van der Waals surface area contributed by atoms with Gasteiger partial charge in [0.1, 0.15) is 6.07 Å². The van der Waals surface area contributed by atoms with Crippen LogP contribution in [0.25, 0.3) is 0 Å². The lowest BCUT2D eigenvalue weighted by atomic mass is 9.86. The summed E-state index contributed by atoms with van der Waals surface area (Å²) >= 11 is 5.14. The maximum absolute atomic E-state index is 11.9. The quantitative estimate of drug-likeness (QED) is 0.831. The Morgan fingerprint density at radius 1 is 1.27 bits per heavy atom. The van der Waals surface area contributed by atoms with Crippen molar-refractivity contribution in [3.8, 4) is 6.07 Å². The Labute approximate surface area is 136 Å². The zero-order valence-corrected chi connectivity index (χ0v) is 13.4. The minimum atomic E-state index is -0.0579. The summed E-state index contributed by atoms with van der Waals surface area (Å²) in [5.74, 6) is 0.623. The highest BCUT2D eigenvalue weighted by Gasteiger charge is 2.15. The van der Waals surface area contributed by atoms with Gasteiger partial charge in [0.25, 0.3) is 0 Å². The molecule has 0 saturated heterocycles. The van der Waals surface area contributed by atoms with Crippen LogP contribution in [0.1, 0.15) is 50.5 Å². The summed E-state index contributed by atoms with van der Waals surface area (Å²) in [4.78, 5) is 11.9. The van der Waals surface area contributed by atoms with Gasteiger partial charge in [-0.1, -0.05) is 44.2 Å². The van der Waals surface area contributed by atoms with Gasteiger partial charge in [0.05, 0.1) is 11.3 Å². The highest BCUT2D eigenvalue weighted by Crippen LogP contribution is 2.27. The molecule has 1 aromatic rings. The van der Waals surface area contributed by atoms with Gasteiger partial charge in [0, 0.05) is 6.42 Å². The van der Waals surface area contributed by atoms with E-state index in [-0.39, 0.29) is 11.0 Å². The summed E-state index contributed by atoms with van der Waals surface area (Å²) in [6, 6.07) is 9.16. The summed E-state index contributed by atoms with van der Waals surface area (Å²) in [7, 11) is 0. The summed E-state index contributed by atoms with van der Waals surface area (Å²) < 4.78 is 0. The normalized spacial score (nSPS) is 14.9. The number of para-hydroxylation sites is 1. The van der Waals surface area contributed by atoms with E-state index in [1.807, 2.05) is 6.07 Å². The second-order valence-corrected chi connectivity index (χ2v) is 6.11. The Kier molecular flexibility index (Phi) is 6.35. The van der Waals surface area contributed by atoms with Crippen LogP contribution in [-0.2, 0) is 4.79 Å². The Bertz CT molecular complexity index is 574. The molecule has 4 nitrogen and oxygen atoms in total. The molecule has 1 saturated carbocycles. The number of rotatable bonds is 4. The van der Waals surface area contributed by atoms with E-state index in [0.717, 1.165) is 6.42 Å². The minimum Gasteiger partial charge on any atom is -0.331 e. The van der Waals surface area contributed by atoms with Crippen LogP contribution in [-0.4, -0.2) is 11.0 Å². The molecule has 0 atom stereocenters. The summed E-state index contributed by atoms with van der Waals surface area (Å²) in [5.41, 5.74) is 1.11. The monoisotopic (exact) mass is 315 g/mol. The van der Waals surface area contributed by atoms with Gasteiger partial charge in [0.2, 0.25) is 5.91 Å². The number of carbonyl (C=O) groups is 1. The molecule has 0 radical (unpaired) electrons. The minimum absolute atomic E-state index is 0.0579. The number of benzene rings is 1. The van der Waals surface area contributed by atoms with E-state index in [1.165, 1.54) is 32.1 Å². The highest BCUT2D eigenvalue weighted by molar-refractivity contribution is 7.80. The number of hydrogen-bond acceptors (Lipinski definition) is 3. The molecule has 1 aromatic carbocycles. The molecule has 116 valence electrons. The lowest BCUT2D eigenvalue weighted by Crippen LogP contribution is -2.34. The van der Waals surface area contributed by atoms with Crippen molar-refractivity contribution in [2.24, 2.45) is 5.92 Å². The van der Waals surface area contributed by atoms with Gasteiger partial charge in [-0.3, -0.25) is 4.79 Å². The summed E-state index contributed by atoms with van der Waals surface area (Å²) in [5, 5.41) is 14.9. The molecule has 0 unspecified atom stereocenters. The fraction of sp³-hybridized carbons (Fsp3) is 0.471. The number of amides is 1. The second-order valence-electron chi connectivity index (χ2n) is 5.70. The van der Waals surface area contributed by atoms with Crippen LogP contribution in [0.3, 0.4) is 0 Å². The van der Waals surface area contributed by atoms with Gasteiger partial charge in [-0.15, -0.1) is 0 Å². The lowest BCUT2D eigenvalue weighted by molar-refractivity contribution is -0.120. The van der Waals surface area contributed by atoms with Crippen molar-refractivity contribution < 1.29 is 4.79 Å². The Balaban J connectivity index is 1.76. The molecule has 2 rings (SSSR count). The molecule has 0 bridgehead atoms. The van der Waals surface area contributed by atoms with Crippen molar-refractivity contribution in [3.05, 3.63) is 29.8 Å². The number of nitriles is 1. The van der Waals surface area contributed by atoms with Crippen LogP contribution in [0.15, 0.2) is 24.3 Å². The standard InChI is InChI=1S/C17H21N3OS/c18-12-14-8-4-5-9-15(14)19-17(22)20-16(21)11-10-13-6-2-1-3-7-13/h4-5,8-9,13H,1-3,6-7,10-11H2,(H2,19,20,21,22). The maximum atomic E-state index is 11.9. The molecule has 1 aliphatic carbocycles. The smallest absolute Gasteiger partial charge is 0.226 e. The van der Waals surface area contributed by atoms with E-state index in [4.69, 9.17) is 17.5 Å². The van der Waals surface area contributed by atoms with Crippen molar-refractivity contribution in [1.29, 1.82) is 5.26 Å². The van der Waals surface area contributed by atoms with Gasteiger partial charge >= 0.3 is 0 Å². The van der Waals surface area contributed by atoms with Crippen molar-refractivity contribution >= 4 is 28.9 Å². The van der Waals surface area contributed by atoms with Crippen LogP contribution < -0.4 is 10.6 Å². The molecule has 1 fully saturated rings. The molecule has 22 heavy (non-hydrogen) atoms. The van der Waals surface area contributed by atoms with Gasteiger partial charge in [0.15, 0.2) is 5.11 Å². The number of nitrogens with one attached hydrogen (secondary N) is 2. The maximum Gasteiger partial charge on any atom is 0.226 e. The van der Waals surface area contributed by atoms with E-state index < -0.39 is 0 Å². The van der Waals surface area contributed by atoms with Crippen molar-refractivity contribution in [3.63, 3.8) is 0 Å². The van der Waals surface area contributed by atoms with Crippen LogP contribution >= 0.6 is 12.2 Å². The fourth-order valence-corrected chi connectivity index (χ4v) is 3.07. The Hall–Kier alpha value is -1.93. The molecule has 0 spiro atoms. The third-order valence-electron chi connectivity index (χ3n) is 4.05. The van der Waals surface area contributed by atoms with E-state index in [1.54, 1.807) is 18.2 Å². The van der Waals surface area contributed by atoms with E-state index in [0.29, 0.717) is 23.6 Å². The predicted molar refractivity (Wildman–Crippen MR) is 91.3 cm³/mol. The average Bonchev–Trinajstić information content (AvgIpc) is 2.54. The first kappa shape index (κ1) is 16.4. The highest BCUT2D eigenvalue weighted by atomic mass is 32.1. The number of thiocarbonyl (C=S) groups is 1. The predicted octanol–water partition coefficient (Wildman–Crippen LogP) is 3.73. The molecule has 2 N–H and O–H groups in total. The molecule has 5 heteroatoms. The van der Waals surface area contributed by atoms with Gasteiger partial charge in [-0.05, 0) is 36.7 Å². The van der Waals surface area contributed by atoms with Gasteiger partial charge in [-0.25, -0.2) is 0 Å². The van der Waals surface area contributed by atoms with E-state index in [9.17, 15) is 4.79 Å². The summed E-state index contributed by atoms with van der Waals surface area (Å²) in [6.07, 6.45) is 7.83. The molecule has 1 amide bonds. The van der Waals surface area contributed by atoms with Crippen LogP contribution in [0, 0.1) is 17.2 Å². The average molecular weight is 315 g/mol. The molecule has 1 aliphatic rings. The first-order chi connectivity index (χ1) is 10.7. The van der Waals surface area contributed by atoms with Gasteiger partial charge < -0.3 is 10.6 Å². The Morgan fingerprint density at radius 2 is 2.00 bits per heavy atom. The zero-order chi connectivity index (χ0) is 15.8. The fourth-order valence-electron chi connectivity index (χ4n) is 2.84. The molecular formula is C17H21N3OS. The molecule has 0 heterocycles. The third-order valence-corrected chi connectivity index (χ3v) is 4.26. The SMILES string of the molecule is N#Cc1ccccc1NC(=S)NC(=O)CCC1CCCCC1. The zero-order valence-electron chi connectivity index (χ0n) is 12.6. The largest absolute Gasteiger partial charge is 0.331 e. The molecular weight excluding hydrogens is 294 g/mol. The first-order valence-corrected chi connectivity index (χ1v) is 8.20. The van der Waals surface area contributed by atoms with Crippen LogP contribution in [0.2, 0.25) is 0 Å². The van der Waals surface area contributed by atoms with Crippen molar-refractivity contribution in [2.75, 3.05) is 5.32 Å². The van der Waals surface area contributed by atoms with E-state index >= 15 is 0 Å². The van der Waals surface area contributed by atoms with Crippen molar-refractivity contribution in [1.82, 2.24) is 5.32 Å². The van der Waals surface area contributed by atoms with Crippen LogP contribution in [0.5, 0.6) is 0 Å². The number of nitrogens with zero attached hydrogens (tertiary/aromatic N) is 1. The van der Waals surface area contributed by atoms with Crippen molar-refractivity contribution in [2.45, 2.75) is 44.9 Å². The first-order valence-electron chi connectivity index (χ1n) is 7.79. The summed E-state index contributed by atoms with van der Waals surface area (Å²) in [6.45, 7) is 0. The lowest BCUT2D eigenvalue weighted by Gasteiger charge is -2.21. The topological polar surface area (TPSA) is 64.9 Å². The molecule has 0 aromatic heterocycles. The van der Waals surface area contributed by atoms with Gasteiger partial charge in [-0.2, -0.15) is 5.26 Å². The van der Waals surface area contributed by atoms with E-state index in [2.05, 4.69) is 16.7 Å². The number of hydrogen-bond donors (Lipinski definition) is 2. The third kappa shape index (κ3) is 5.12.